The van der Waals surface area contributed by atoms with Gasteiger partial charge < -0.3 is 19.9 Å². The molecule has 10 nitrogen and oxygen atoms in total. The Kier molecular flexibility index (Phi) is 8.54. The standard InChI is InChI=1S/C32H33N3O7S/c1-4-5-9-27-34-31(37)29(32(38)35(27)28-25(41-2)7-6-8-26(28)42-3)43(39,40)24-18-14-21(15-19-24)20-10-12-22(13-11-20)30(36)33-23-16-17-23/h6-8,10-15,18-19,23,37H,4-5,9,16-17H2,1-3H3,(H,33,36). The highest BCUT2D eigenvalue weighted by molar-refractivity contribution is 7.91. The van der Waals surface area contributed by atoms with Crippen molar-refractivity contribution < 1.29 is 27.8 Å². The molecule has 1 fully saturated rings. The molecule has 0 aliphatic heterocycles. The number of methoxy groups -OCH3 is 2. The Hall–Kier alpha value is -4.64. The van der Waals surface area contributed by atoms with E-state index in [4.69, 9.17) is 9.47 Å². The summed E-state index contributed by atoms with van der Waals surface area (Å²) in [5.74, 6) is -0.270. The van der Waals surface area contributed by atoms with Crippen molar-refractivity contribution in [1.29, 1.82) is 0 Å². The van der Waals surface area contributed by atoms with Gasteiger partial charge in [-0.05, 0) is 66.8 Å². The lowest BCUT2D eigenvalue weighted by Crippen LogP contribution is -2.29. The third-order valence-corrected chi connectivity index (χ3v) is 9.09. The lowest BCUT2D eigenvalue weighted by atomic mass is 10.0. The molecule has 0 bridgehead atoms. The van der Waals surface area contributed by atoms with E-state index in [-0.39, 0.29) is 39.9 Å². The van der Waals surface area contributed by atoms with Gasteiger partial charge >= 0.3 is 0 Å². The normalized spacial score (nSPS) is 13.0. The number of aryl methyl sites for hydroxylation is 1. The number of hydrogen-bond acceptors (Lipinski definition) is 8. The third kappa shape index (κ3) is 5.98. The molecule has 0 unspecified atom stereocenters. The molecule has 1 saturated carbocycles. The van der Waals surface area contributed by atoms with Gasteiger partial charge in [-0.15, -0.1) is 0 Å². The summed E-state index contributed by atoms with van der Waals surface area (Å²) in [5.41, 5.74) is 1.26. The third-order valence-electron chi connectivity index (χ3n) is 7.30. The van der Waals surface area contributed by atoms with E-state index in [1.165, 1.54) is 26.4 Å². The van der Waals surface area contributed by atoms with E-state index < -0.39 is 26.2 Å². The summed E-state index contributed by atoms with van der Waals surface area (Å²) < 4.78 is 39.8. The molecular formula is C32H33N3O7S. The van der Waals surface area contributed by atoms with Crippen molar-refractivity contribution in [2.75, 3.05) is 14.2 Å². The van der Waals surface area contributed by atoms with E-state index in [1.807, 2.05) is 6.92 Å². The van der Waals surface area contributed by atoms with Crippen molar-refractivity contribution in [2.45, 2.75) is 54.9 Å². The van der Waals surface area contributed by atoms with Gasteiger partial charge in [0.05, 0.1) is 19.1 Å². The fourth-order valence-electron chi connectivity index (χ4n) is 4.81. The number of carbonyl (C=O) groups is 1. The number of para-hydroxylation sites is 1. The van der Waals surface area contributed by atoms with Crippen LogP contribution < -0.4 is 20.3 Å². The number of ether oxygens (including phenoxy) is 2. The first kappa shape index (κ1) is 29.8. The Morgan fingerprint density at radius 2 is 1.56 bits per heavy atom. The number of nitrogens with zero attached hydrogens (tertiary/aromatic N) is 2. The van der Waals surface area contributed by atoms with Crippen LogP contribution >= 0.6 is 0 Å². The molecule has 0 radical (unpaired) electrons. The number of rotatable bonds is 11. The Morgan fingerprint density at radius 3 is 2.09 bits per heavy atom. The molecule has 2 N–H and O–H groups in total. The minimum absolute atomic E-state index is 0.124. The van der Waals surface area contributed by atoms with Gasteiger partial charge in [-0.25, -0.2) is 8.42 Å². The van der Waals surface area contributed by atoms with Gasteiger partial charge in [-0.2, -0.15) is 4.98 Å². The van der Waals surface area contributed by atoms with Gasteiger partial charge in [0, 0.05) is 18.0 Å². The van der Waals surface area contributed by atoms with Crippen LogP contribution in [0.5, 0.6) is 17.4 Å². The highest BCUT2D eigenvalue weighted by Gasteiger charge is 2.31. The second-order valence-corrected chi connectivity index (χ2v) is 12.2. The summed E-state index contributed by atoms with van der Waals surface area (Å²) >= 11 is 0. The van der Waals surface area contributed by atoms with Crippen molar-refractivity contribution in [3.05, 3.63) is 88.5 Å². The van der Waals surface area contributed by atoms with Crippen LogP contribution in [-0.2, 0) is 16.3 Å². The van der Waals surface area contributed by atoms with E-state index >= 15 is 0 Å². The molecule has 4 aromatic rings. The van der Waals surface area contributed by atoms with Gasteiger partial charge in [0.25, 0.3) is 11.5 Å². The first-order valence-corrected chi connectivity index (χ1v) is 15.5. The molecule has 3 aromatic carbocycles. The fraction of sp³-hybridized carbons (Fsp3) is 0.281. The average Bonchev–Trinajstić information content (AvgIpc) is 3.83. The van der Waals surface area contributed by atoms with Crippen LogP contribution in [0.25, 0.3) is 16.8 Å². The number of sulfone groups is 1. The van der Waals surface area contributed by atoms with Crippen LogP contribution in [0.2, 0.25) is 0 Å². The summed E-state index contributed by atoms with van der Waals surface area (Å²) in [6.45, 7) is 1.97. The zero-order valence-corrected chi connectivity index (χ0v) is 25.0. The predicted molar refractivity (Wildman–Crippen MR) is 161 cm³/mol. The van der Waals surface area contributed by atoms with Crippen molar-refractivity contribution in [1.82, 2.24) is 14.9 Å². The summed E-state index contributed by atoms with van der Waals surface area (Å²) in [7, 11) is -1.65. The molecule has 11 heteroatoms. The number of nitrogens with one attached hydrogen (secondary N) is 1. The molecular weight excluding hydrogens is 570 g/mol. The molecule has 224 valence electrons. The van der Waals surface area contributed by atoms with Crippen LogP contribution in [0.1, 0.15) is 48.8 Å². The summed E-state index contributed by atoms with van der Waals surface area (Å²) in [5, 5.41) is 13.8. The van der Waals surface area contributed by atoms with Crippen LogP contribution in [0.4, 0.5) is 0 Å². The molecule has 0 saturated heterocycles. The highest BCUT2D eigenvalue weighted by Crippen LogP contribution is 2.34. The van der Waals surface area contributed by atoms with E-state index in [0.717, 1.165) is 29.4 Å². The number of unbranched alkanes of at least 4 members (excludes halogenated alkanes) is 1. The molecule has 1 aliphatic rings. The number of benzene rings is 3. The molecule has 0 atom stereocenters. The number of carbonyl (C=O) groups excluding carboxylic acids is 1. The maximum Gasteiger partial charge on any atom is 0.281 e. The summed E-state index contributed by atoms with van der Waals surface area (Å²) in [4.78, 5) is 29.5. The molecule has 1 aromatic heterocycles. The zero-order valence-electron chi connectivity index (χ0n) is 24.2. The maximum absolute atomic E-state index is 14.0. The Bertz CT molecular complexity index is 1790. The lowest BCUT2D eigenvalue weighted by molar-refractivity contribution is 0.0951. The van der Waals surface area contributed by atoms with Gasteiger partial charge in [-0.3, -0.25) is 14.2 Å². The minimum atomic E-state index is -4.51. The Balaban J connectivity index is 1.55. The Morgan fingerprint density at radius 1 is 0.977 bits per heavy atom. The molecule has 1 aliphatic carbocycles. The molecule has 0 spiro atoms. The number of aromatic hydroxyl groups is 1. The van der Waals surface area contributed by atoms with Crippen LogP contribution in [-0.4, -0.2) is 49.2 Å². The van der Waals surface area contributed by atoms with E-state index in [2.05, 4.69) is 10.3 Å². The maximum atomic E-state index is 14.0. The van der Waals surface area contributed by atoms with Crippen molar-refractivity contribution in [3.8, 4) is 34.2 Å². The van der Waals surface area contributed by atoms with Gasteiger partial charge in [0.1, 0.15) is 23.0 Å². The van der Waals surface area contributed by atoms with Gasteiger partial charge in [0.2, 0.25) is 15.7 Å². The van der Waals surface area contributed by atoms with Crippen LogP contribution in [0, 0.1) is 0 Å². The fourth-order valence-corrected chi connectivity index (χ4v) is 6.15. The number of aromatic nitrogens is 2. The number of hydrogen-bond donors (Lipinski definition) is 2. The quantitative estimate of drug-likeness (QED) is 0.252. The van der Waals surface area contributed by atoms with Crippen LogP contribution in [0.3, 0.4) is 0 Å². The van der Waals surface area contributed by atoms with Crippen molar-refractivity contribution in [3.63, 3.8) is 0 Å². The summed E-state index contributed by atoms with van der Waals surface area (Å²) in [6.07, 6.45) is 3.72. The molecule has 5 rings (SSSR count). The molecule has 1 amide bonds. The topological polar surface area (TPSA) is 137 Å². The van der Waals surface area contributed by atoms with Gasteiger partial charge in [-0.1, -0.05) is 43.7 Å². The summed E-state index contributed by atoms with van der Waals surface area (Å²) in [6, 6.07) is 18.1. The number of amides is 1. The van der Waals surface area contributed by atoms with E-state index in [0.29, 0.717) is 24.0 Å². The minimum Gasteiger partial charge on any atom is -0.494 e. The van der Waals surface area contributed by atoms with E-state index in [1.54, 1.807) is 54.6 Å². The zero-order chi connectivity index (χ0) is 30.7. The highest BCUT2D eigenvalue weighted by atomic mass is 32.2. The predicted octanol–water partition coefficient (Wildman–Crippen LogP) is 4.69. The monoisotopic (exact) mass is 603 g/mol. The largest absolute Gasteiger partial charge is 0.494 e. The molecule has 43 heavy (non-hydrogen) atoms. The smallest absolute Gasteiger partial charge is 0.281 e. The first-order valence-electron chi connectivity index (χ1n) is 14.0. The molecule has 1 heterocycles. The lowest BCUT2D eigenvalue weighted by Gasteiger charge is -2.19. The second-order valence-electron chi connectivity index (χ2n) is 10.3. The SMILES string of the molecule is CCCCc1nc(O)c(S(=O)(=O)c2ccc(-c3ccc(C(=O)NC4CC4)cc3)cc2)c(=O)n1-c1c(OC)cccc1OC. The van der Waals surface area contributed by atoms with Crippen molar-refractivity contribution >= 4 is 15.7 Å². The van der Waals surface area contributed by atoms with E-state index in [9.17, 15) is 23.1 Å². The van der Waals surface area contributed by atoms with Crippen molar-refractivity contribution in [2.24, 2.45) is 0 Å². The average molecular weight is 604 g/mol. The van der Waals surface area contributed by atoms with Gasteiger partial charge in [0.15, 0.2) is 4.90 Å². The Labute approximate surface area is 249 Å². The second kappa shape index (κ2) is 12.3. The van der Waals surface area contributed by atoms with Crippen LogP contribution in [0.15, 0.2) is 81.3 Å². The first-order chi connectivity index (χ1) is 20.7.